The van der Waals surface area contributed by atoms with Crippen LogP contribution in [-0.4, -0.2) is 79.0 Å². The quantitative estimate of drug-likeness (QED) is 0.808. The highest BCUT2D eigenvalue weighted by Crippen LogP contribution is 2.24. The van der Waals surface area contributed by atoms with Crippen LogP contribution in [0.3, 0.4) is 0 Å². The summed E-state index contributed by atoms with van der Waals surface area (Å²) in [4.78, 5) is 30.9. The monoisotopic (exact) mass is 345 g/mol. The third-order valence-electron chi connectivity index (χ3n) is 5.17. The van der Waals surface area contributed by atoms with Crippen molar-refractivity contribution in [2.45, 2.75) is 25.9 Å². The molecule has 0 spiro atoms. The van der Waals surface area contributed by atoms with E-state index in [1.54, 1.807) is 16.7 Å². The molecule has 6 heteroatoms. The smallest absolute Gasteiger partial charge is 0.245 e. The molecular weight excluding hydrogens is 318 g/mol. The van der Waals surface area contributed by atoms with Crippen molar-refractivity contribution in [1.82, 2.24) is 14.7 Å². The topological polar surface area (TPSA) is 53.1 Å². The standard InChI is InChI=1S/C19H27N3O3/c1-15(23)22-14-17-6-4-3-5-16(17)13-18(22)19(24)20(2)7-8-21-9-11-25-12-10-21/h3-6,18H,7-14H2,1-2H3. The second-order valence-electron chi connectivity index (χ2n) is 6.85. The van der Waals surface area contributed by atoms with Crippen LogP contribution in [0.25, 0.3) is 0 Å². The van der Waals surface area contributed by atoms with Gasteiger partial charge in [0.1, 0.15) is 6.04 Å². The van der Waals surface area contributed by atoms with Crippen LogP contribution in [0.5, 0.6) is 0 Å². The summed E-state index contributed by atoms with van der Waals surface area (Å²) < 4.78 is 5.36. The summed E-state index contributed by atoms with van der Waals surface area (Å²) in [6.07, 6.45) is 0.594. The Labute approximate surface area is 149 Å². The first-order valence-electron chi connectivity index (χ1n) is 8.95. The van der Waals surface area contributed by atoms with E-state index in [9.17, 15) is 9.59 Å². The molecule has 1 aromatic carbocycles. The summed E-state index contributed by atoms with van der Waals surface area (Å²) in [6, 6.07) is 7.66. The van der Waals surface area contributed by atoms with E-state index in [2.05, 4.69) is 11.0 Å². The molecule has 2 aliphatic rings. The minimum absolute atomic E-state index is 0.0259. The van der Waals surface area contributed by atoms with Crippen LogP contribution in [0, 0.1) is 0 Å². The van der Waals surface area contributed by atoms with Crippen molar-refractivity contribution in [1.29, 1.82) is 0 Å². The normalized spacial score (nSPS) is 20.9. The first kappa shape index (κ1) is 17.9. The van der Waals surface area contributed by atoms with E-state index in [-0.39, 0.29) is 11.8 Å². The number of ether oxygens (including phenoxy) is 1. The largest absolute Gasteiger partial charge is 0.379 e. The van der Waals surface area contributed by atoms with Crippen LogP contribution in [0.1, 0.15) is 18.1 Å². The Bertz CT molecular complexity index is 628. The first-order chi connectivity index (χ1) is 12.1. The third kappa shape index (κ3) is 4.19. The zero-order chi connectivity index (χ0) is 17.8. The number of morpholine rings is 1. The number of benzene rings is 1. The number of likely N-dealkylation sites (N-methyl/N-ethyl adjacent to an activating group) is 1. The van der Waals surface area contributed by atoms with E-state index in [1.807, 2.05) is 25.2 Å². The molecule has 1 aromatic rings. The molecule has 0 aliphatic carbocycles. The summed E-state index contributed by atoms with van der Waals surface area (Å²) in [6.45, 7) is 6.92. The van der Waals surface area contributed by atoms with Crippen molar-refractivity contribution in [3.63, 3.8) is 0 Å². The molecule has 1 atom stereocenters. The SMILES string of the molecule is CC(=O)N1Cc2ccccc2CC1C(=O)N(C)CCN1CCOCC1. The molecule has 0 aromatic heterocycles. The molecule has 0 saturated carbocycles. The minimum Gasteiger partial charge on any atom is -0.379 e. The Balaban J connectivity index is 1.65. The van der Waals surface area contributed by atoms with Gasteiger partial charge in [0, 0.05) is 53.1 Å². The Morgan fingerprint density at radius 1 is 1.20 bits per heavy atom. The van der Waals surface area contributed by atoms with Crippen molar-refractivity contribution in [2.75, 3.05) is 46.4 Å². The fraction of sp³-hybridized carbons (Fsp3) is 0.579. The molecule has 2 heterocycles. The van der Waals surface area contributed by atoms with E-state index in [4.69, 9.17) is 4.74 Å². The zero-order valence-electron chi connectivity index (χ0n) is 15.1. The summed E-state index contributed by atoms with van der Waals surface area (Å²) in [5.74, 6) is -0.0209. The fourth-order valence-corrected chi connectivity index (χ4v) is 3.56. The predicted octanol–water partition coefficient (Wildman–Crippen LogP) is 0.750. The number of carbonyl (C=O) groups excluding carboxylic acids is 2. The molecule has 3 rings (SSSR count). The van der Waals surface area contributed by atoms with Gasteiger partial charge in [0.15, 0.2) is 0 Å². The number of hydrogen-bond acceptors (Lipinski definition) is 4. The number of carbonyl (C=O) groups is 2. The van der Waals surface area contributed by atoms with E-state index in [1.165, 1.54) is 5.56 Å². The number of hydrogen-bond donors (Lipinski definition) is 0. The molecule has 1 unspecified atom stereocenters. The average molecular weight is 345 g/mol. The van der Waals surface area contributed by atoms with Gasteiger partial charge >= 0.3 is 0 Å². The number of nitrogens with zero attached hydrogens (tertiary/aromatic N) is 3. The highest BCUT2D eigenvalue weighted by atomic mass is 16.5. The molecule has 1 fully saturated rings. The van der Waals surface area contributed by atoms with Crippen molar-refractivity contribution >= 4 is 11.8 Å². The Morgan fingerprint density at radius 2 is 1.88 bits per heavy atom. The zero-order valence-corrected chi connectivity index (χ0v) is 15.1. The highest BCUT2D eigenvalue weighted by molar-refractivity contribution is 5.87. The van der Waals surface area contributed by atoms with Crippen LogP contribution in [0.4, 0.5) is 0 Å². The van der Waals surface area contributed by atoms with Crippen LogP contribution >= 0.6 is 0 Å². The molecule has 6 nitrogen and oxygen atoms in total. The maximum Gasteiger partial charge on any atom is 0.245 e. The van der Waals surface area contributed by atoms with Gasteiger partial charge in [-0.2, -0.15) is 0 Å². The van der Waals surface area contributed by atoms with E-state index >= 15 is 0 Å². The Morgan fingerprint density at radius 3 is 2.56 bits per heavy atom. The molecular formula is C19H27N3O3. The van der Waals surface area contributed by atoms with E-state index in [0.29, 0.717) is 19.5 Å². The van der Waals surface area contributed by atoms with Gasteiger partial charge in [0.25, 0.3) is 0 Å². The average Bonchev–Trinajstić information content (AvgIpc) is 2.65. The molecule has 2 amide bonds. The second kappa shape index (κ2) is 7.97. The van der Waals surface area contributed by atoms with Gasteiger partial charge in [0.2, 0.25) is 11.8 Å². The number of amides is 2. The van der Waals surface area contributed by atoms with Gasteiger partial charge in [-0.15, -0.1) is 0 Å². The van der Waals surface area contributed by atoms with Gasteiger partial charge < -0.3 is 14.5 Å². The predicted molar refractivity (Wildman–Crippen MR) is 95.1 cm³/mol. The summed E-state index contributed by atoms with van der Waals surface area (Å²) in [7, 11) is 1.83. The fourth-order valence-electron chi connectivity index (χ4n) is 3.56. The highest BCUT2D eigenvalue weighted by Gasteiger charge is 2.34. The third-order valence-corrected chi connectivity index (χ3v) is 5.17. The number of fused-ring (bicyclic) bond motifs is 1. The summed E-state index contributed by atoms with van der Waals surface area (Å²) in [5, 5.41) is 0. The van der Waals surface area contributed by atoms with Gasteiger partial charge in [0.05, 0.1) is 13.2 Å². The Kier molecular flexibility index (Phi) is 5.71. The van der Waals surface area contributed by atoms with Gasteiger partial charge in [-0.1, -0.05) is 24.3 Å². The lowest BCUT2D eigenvalue weighted by Gasteiger charge is -2.37. The minimum atomic E-state index is -0.401. The number of rotatable bonds is 4. The lowest BCUT2D eigenvalue weighted by atomic mass is 9.93. The molecule has 136 valence electrons. The van der Waals surface area contributed by atoms with Crippen molar-refractivity contribution < 1.29 is 14.3 Å². The molecule has 25 heavy (non-hydrogen) atoms. The van der Waals surface area contributed by atoms with Crippen molar-refractivity contribution in [3.8, 4) is 0 Å². The van der Waals surface area contributed by atoms with Gasteiger partial charge in [-0.3, -0.25) is 14.5 Å². The lowest BCUT2D eigenvalue weighted by molar-refractivity contribution is -0.145. The maximum absolute atomic E-state index is 13.0. The maximum atomic E-state index is 13.0. The van der Waals surface area contributed by atoms with Gasteiger partial charge in [-0.05, 0) is 11.1 Å². The van der Waals surface area contributed by atoms with Crippen molar-refractivity contribution in [2.24, 2.45) is 0 Å². The van der Waals surface area contributed by atoms with Crippen molar-refractivity contribution in [3.05, 3.63) is 35.4 Å². The summed E-state index contributed by atoms with van der Waals surface area (Å²) in [5.41, 5.74) is 2.30. The van der Waals surface area contributed by atoms with Crippen LogP contribution < -0.4 is 0 Å². The molecule has 0 radical (unpaired) electrons. The Hall–Kier alpha value is -1.92. The first-order valence-corrected chi connectivity index (χ1v) is 8.95. The second-order valence-corrected chi connectivity index (χ2v) is 6.85. The van der Waals surface area contributed by atoms with Gasteiger partial charge in [-0.25, -0.2) is 0 Å². The van der Waals surface area contributed by atoms with Crippen LogP contribution in [0.15, 0.2) is 24.3 Å². The van der Waals surface area contributed by atoms with E-state index in [0.717, 1.165) is 38.4 Å². The molecule has 2 aliphatic heterocycles. The van der Waals surface area contributed by atoms with Crippen LogP contribution in [0.2, 0.25) is 0 Å². The van der Waals surface area contributed by atoms with E-state index < -0.39 is 6.04 Å². The van der Waals surface area contributed by atoms with Crippen LogP contribution in [-0.2, 0) is 27.3 Å². The summed E-state index contributed by atoms with van der Waals surface area (Å²) >= 11 is 0. The molecule has 0 bridgehead atoms. The lowest BCUT2D eigenvalue weighted by Crippen LogP contribution is -2.53. The molecule has 0 N–H and O–H groups in total. The molecule has 1 saturated heterocycles.